The highest BCUT2D eigenvalue weighted by atomic mass is 16.5. The predicted molar refractivity (Wildman–Crippen MR) is 102 cm³/mol. The van der Waals surface area contributed by atoms with Crippen LogP contribution >= 0.6 is 0 Å². The topological polar surface area (TPSA) is 79.4 Å². The molecule has 1 fully saturated rings. The summed E-state index contributed by atoms with van der Waals surface area (Å²) >= 11 is 0. The number of carbonyl (C=O) groups is 1. The highest BCUT2D eigenvalue weighted by molar-refractivity contribution is 5.89. The lowest BCUT2D eigenvalue weighted by Gasteiger charge is -2.27. The average Bonchev–Trinajstić information content (AvgIpc) is 2.59. The van der Waals surface area contributed by atoms with Gasteiger partial charge in [0, 0.05) is 24.5 Å². The average molecular weight is 355 g/mol. The summed E-state index contributed by atoms with van der Waals surface area (Å²) < 4.78 is 5.37. The van der Waals surface area contributed by atoms with Gasteiger partial charge in [0.1, 0.15) is 0 Å². The maximum atomic E-state index is 12.2. The van der Waals surface area contributed by atoms with E-state index in [2.05, 4.69) is 31.6 Å². The van der Waals surface area contributed by atoms with Gasteiger partial charge in [0.15, 0.2) is 0 Å². The molecule has 0 bridgehead atoms. The van der Waals surface area contributed by atoms with Gasteiger partial charge in [-0.1, -0.05) is 6.07 Å². The van der Waals surface area contributed by atoms with Gasteiger partial charge >= 0.3 is 6.03 Å². The number of aromatic nitrogens is 2. The Hall–Kier alpha value is -2.67. The van der Waals surface area contributed by atoms with Crippen LogP contribution in [0.2, 0.25) is 0 Å². The van der Waals surface area contributed by atoms with E-state index < -0.39 is 0 Å². The van der Waals surface area contributed by atoms with E-state index in [-0.39, 0.29) is 6.03 Å². The van der Waals surface area contributed by atoms with Gasteiger partial charge in [-0.2, -0.15) is 0 Å². The Bertz CT molecular complexity index is 767. The van der Waals surface area contributed by atoms with Crippen LogP contribution in [0.1, 0.15) is 22.5 Å². The third-order valence-electron chi connectivity index (χ3n) is 4.10. The van der Waals surface area contributed by atoms with E-state index >= 15 is 0 Å². The van der Waals surface area contributed by atoms with Crippen molar-refractivity contribution >= 4 is 17.7 Å². The van der Waals surface area contributed by atoms with Gasteiger partial charge in [-0.15, -0.1) is 0 Å². The van der Waals surface area contributed by atoms with Crippen molar-refractivity contribution in [2.24, 2.45) is 0 Å². The third kappa shape index (κ3) is 4.92. The first kappa shape index (κ1) is 18.1. The van der Waals surface area contributed by atoms with Crippen molar-refractivity contribution in [2.75, 3.05) is 36.5 Å². The number of hydrogen-bond acceptors (Lipinski definition) is 5. The molecule has 1 saturated heterocycles. The summed E-state index contributed by atoms with van der Waals surface area (Å²) in [4.78, 5) is 23.4. The molecule has 2 amide bonds. The number of ether oxygens (including phenoxy) is 1. The van der Waals surface area contributed by atoms with Crippen LogP contribution < -0.4 is 15.5 Å². The van der Waals surface area contributed by atoms with Gasteiger partial charge in [0.25, 0.3) is 0 Å². The molecule has 0 radical (unpaired) electrons. The second-order valence-electron chi connectivity index (χ2n) is 6.58. The minimum Gasteiger partial charge on any atom is -0.378 e. The number of carbonyl (C=O) groups excluding carboxylic acids is 1. The van der Waals surface area contributed by atoms with Crippen molar-refractivity contribution in [3.63, 3.8) is 0 Å². The fraction of sp³-hybridized carbons (Fsp3) is 0.421. The molecule has 7 heteroatoms. The molecule has 2 N–H and O–H groups in total. The number of aryl methyl sites for hydroxylation is 3. The normalized spacial score (nSPS) is 14.2. The number of anilines is 2. The summed E-state index contributed by atoms with van der Waals surface area (Å²) in [5.74, 6) is 0.694. The fourth-order valence-corrected chi connectivity index (χ4v) is 3.01. The number of nitrogens with zero attached hydrogens (tertiary/aromatic N) is 3. The number of benzene rings is 1. The van der Waals surface area contributed by atoms with Crippen LogP contribution in [-0.4, -0.2) is 42.3 Å². The maximum Gasteiger partial charge on any atom is 0.319 e. The van der Waals surface area contributed by atoms with E-state index in [1.807, 2.05) is 39.0 Å². The van der Waals surface area contributed by atoms with Crippen LogP contribution in [0.4, 0.5) is 16.4 Å². The van der Waals surface area contributed by atoms with Crippen LogP contribution in [0.3, 0.4) is 0 Å². The first-order valence-electron chi connectivity index (χ1n) is 8.80. The van der Waals surface area contributed by atoms with Gasteiger partial charge < -0.3 is 20.3 Å². The van der Waals surface area contributed by atoms with Crippen molar-refractivity contribution < 1.29 is 9.53 Å². The molecule has 0 unspecified atom stereocenters. The summed E-state index contributed by atoms with van der Waals surface area (Å²) in [6, 6.07) is 7.59. The summed E-state index contributed by atoms with van der Waals surface area (Å²) in [7, 11) is 0. The smallest absolute Gasteiger partial charge is 0.319 e. The second-order valence-corrected chi connectivity index (χ2v) is 6.58. The summed E-state index contributed by atoms with van der Waals surface area (Å²) in [5, 5.41) is 5.73. The van der Waals surface area contributed by atoms with E-state index in [0.29, 0.717) is 25.7 Å². The zero-order chi connectivity index (χ0) is 18.5. The molecule has 1 aromatic heterocycles. The first-order chi connectivity index (χ1) is 12.5. The Labute approximate surface area is 153 Å². The molecule has 0 spiro atoms. The highest BCUT2D eigenvalue weighted by Crippen LogP contribution is 2.14. The van der Waals surface area contributed by atoms with Crippen LogP contribution in [-0.2, 0) is 11.3 Å². The van der Waals surface area contributed by atoms with Gasteiger partial charge in [0.05, 0.1) is 25.5 Å². The number of urea groups is 1. The summed E-state index contributed by atoms with van der Waals surface area (Å²) in [6.07, 6.45) is 0. The SMILES string of the molecule is Cc1cc(C)cc(NC(=O)NCc2cc(C)nc(N3CCOCC3)n2)c1. The van der Waals surface area contributed by atoms with Crippen LogP contribution in [0, 0.1) is 20.8 Å². The molecule has 1 aliphatic rings. The van der Waals surface area contributed by atoms with Crippen molar-refractivity contribution in [3.05, 3.63) is 46.8 Å². The number of rotatable bonds is 4. The standard InChI is InChI=1S/C19H25N5O2/c1-13-8-14(2)10-16(9-13)23-19(25)20-12-17-11-15(3)21-18(22-17)24-4-6-26-7-5-24/h8-11H,4-7,12H2,1-3H3,(H2,20,23,25). The van der Waals surface area contributed by atoms with Crippen LogP contribution in [0.15, 0.2) is 24.3 Å². The molecule has 0 aliphatic carbocycles. The molecule has 138 valence electrons. The lowest BCUT2D eigenvalue weighted by atomic mass is 10.1. The third-order valence-corrected chi connectivity index (χ3v) is 4.10. The minimum atomic E-state index is -0.251. The molecule has 2 aromatic rings. The Morgan fingerprint density at radius 3 is 2.46 bits per heavy atom. The molecule has 1 aromatic carbocycles. The van der Waals surface area contributed by atoms with E-state index in [9.17, 15) is 4.79 Å². The maximum absolute atomic E-state index is 12.2. The monoisotopic (exact) mass is 355 g/mol. The van der Waals surface area contributed by atoms with Crippen molar-refractivity contribution in [1.29, 1.82) is 0 Å². The molecule has 7 nitrogen and oxygen atoms in total. The molecule has 0 atom stereocenters. The van der Waals surface area contributed by atoms with Gasteiger partial charge in [0.2, 0.25) is 5.95 Å². The number of morpholine rings is 1. The molecule has 26 heavy (non-hydrogen) atoms. The van der Waals surface area contributed by atoms with E-state index in [1.165, 1.54) is 0 Å². The molecule has 0 saturated carbocycles. The van der Waals surface area contributed by atoms with Gasteiger partial charge in [-0.05, 0) is 50.1 Å². The zero-order valence-corrected chi connectivity index (χ0v) is 15.5. The summed E-state index contributed by atoms with van der Waals surface area (Å²) in [6.45, 7) is 9.22. The number of hydrogen-bond donors (Lipinski definition) is 2. The second kappa shape index (κ2) is 8.14. The molecule has 1 aliphatic heterocycles. The lowest BCUT2D eigenvalue weighted by molar-refractivity contribution is 0.122. The zero-order valence-electron chi connectivity index (χ0n) is 15.5. The quantitative estimate of drug-likeness (QED) is 0.881. The van der Waals surface area contributed by atoms with E-state index in [0.717, 1.165) is 41.3 Å². The van der Waals surface area contributed by atoms with Gasteiger partial charge in [-0.3, -0.25) is 0 Å². The Morgan fingerprint density at radius 1 is 1.08 bits per heavy atom. The lowest BCUT2D eigenvalue weighted by Crippen LogP contribution is -2.37. The van der Waals surface area contributed by atoms with E-state index in [4.69, 9.17) is 4.74 Å². The Kier molecular flexibility index (Phi) is 5.68. The van der Waals surface area contributed by atoms with Crippen molar-refractivity contribution in [3.8, 4) is 0 Å². The largest absolute Gasteiger partial charge is 0.378 e. The van der Waals surface area contributed by atoms with Crippen LogP contribution in [0.25, 0.3) is 0 Å². The van der Waals surface area contributed by atoms with E-state index in [1.54, 1.807) is 0 Å². The highest BCUT2D eigenvalue weighted by Gasteiger charge is 2.15. The molecule has 3 rings (SSSR count). The van der Waals surface area contributed by atoms with Crippen molar-refractivity contribution in [1.82, 2.24) is 15.3 Å². The number of amides is 2. The van der Waals surface area contributed by atoms with Gasteiger partial charge in [-0.25, -0.2) is 14.8 Å². The minimum absolute atomic E-state index is 0.251. The fourth-order valence-electron chi connectivity index (χ4n) is 3.01. The van der Waals surface area contributed by atoms with Crippen molar-refractivity contribution in [2.45, 2.75) is 27.3 Å². The Morgan fingerprint density at radius 2 is 1.77 bits per heavy atom. The molecule has 2 heterocycles. The number of nitrogens with one attached hydrogen (secondary N) is 2. The Balaban J connectivity index is 1.61. The first-order valence-corrected chi connectivity index (χ1v) is 8.80. The molecular formula is C19H25N5O2. The summed E-state index contributed by atoms with van der Waals surface area (Å²) in [5.41, 5.74) is 4.68. The predicted octanol–water partition coefficient (Wildman–Crippen LogP) is 2.56. The molecular weight excluding hydrogens is 330 g/mol. The van der Waals surface area contributed by atoms with Crippen LogP contribution in [0.5, 0.6) is 0 Å².